The molecule has 2 N–H and O–H groups in total. The third-order valence-electron chi connectivity index (χ3n) is 6.19. The van der Waals surface area contributed by atoms with Crippen molar-refractivity contribution in [2.75, 3.05) is 0 Å². The fourth-order valence-electron chi connectivity index (χ4n) is 4.41. The summed E-state index contributed by atoms with van der Waals surface area (Å²) in [5.41, 5.74) is 7.59. The maximum absolute atomic E-state index is 11.7. The van der Waals surface area contributed by atoms with Gasteiger partial charge in [-0.1, -0.05) is 67.1 Å². The number of rotatable bonds is 6. The number of oxazole rings is 1. The fourth-order valence-corrected chi connectivity index (χ4v) is 4.41. The molecule has 0 aliphatic heterocycles. The molecule has 0 radical (unpaired) electrons. The first kappa shape index (κ1) is 20.8. The second-order valence-corrected chi connectivity index (χ2v) is 8.30. The molecule has 33 heavy (non-hydrogen) atoms. The first-order valence-electron chi connectivity index (χ1n) is 11.0. The van der Waals surface area contributed by atoms with E-state index in [4.69, 9.17) is 9.52 Å². The first-order chi connectivity index (χ1) is 16.1. The van der Waals surface area contributed by atoms with E-state index in [-0.39, 0.29) is 0 Å². The van der Waals surface area contributed by atoms with E-state index in [1.54, 1.807) is 6.08 Å². The van der Waals surface area contributed by atoms with Gasteiger partial charge in [0.25, 0.3) is 0 Å². The van der Waals surface area contributed by atoms with Gasteiger partial charge in [-0.05, 0) is 70.4 Å². The Bertz CT molecular complexity index is 1420. The summed E-state index contributed by atoms with van der Waals surface area (Å²) >= 11 is 0. The minimum atomic E-state index is -0.975. The summed E-state index contributed by atoms with van der Waals surface area (Å²) in [4.78, 5) is 25.3. The summed E-state index contributed by atoms with van der Waals surface area (Å²) < 4.78 is 5.36. The zero-order valence-corrected chi connectivity index (χ0v) is 18.0. The zero-order chi connectivity index (χ0) is 22.8. The van der Waals surface area contributed by atoms with E-state index in [1.807, 2.05) is 48.5 Å². The van der Waals surface area contributed by atoms with Crippen LogP contribution >= 0.6 is 0 Å². The molecule has 1 aliphatic rings. The monoisotopic (exact) mass is 437 g/mol. The lowest BCUT2D eigenvalue weighted by Crippen LogP contribution is -2.15. The van der Waals surface area contributed by atoms with Crippen molar-refractivity contribution in [3.63, 3.8) is 0 Å². The molecule has 164 valence electrons. The molecule has 0 saturated heterocycles. The van der Waals surface area contributed by atoms with Crippen LogP contribution in [0.5, 0.6) is 0 Å². The van der Waals surface area contributed by atoms with Crippen molar-refractivity contribution in [2.45, 2.75) is 19.3 Å². The molecule has 0 unspecified atom stereocenters. The van der Waals surface area contributed by atoms with Gasteiger partial charge in [0, 0.05) is 6.08 Å². The van der Waals surface area contributed by atoms with Crippen LogP contribution in [0.1, 0.15) is 41.5 Å². The number of hydrogen-bond acceptors (Lipinski definition) is 3. The molecule has 3 aromatic carbocycles. The van der Waals surface area contributed by atoms with Crippen LogP contribution < -0.4 is 5.76 Å². The van der Waals surface area contributed by atoms with E-state index in [2.05, 4.69) is 29.2 Å². The van der Waals surface area contributed by atoms with Gasteiger partial charge in [0.05, 0.1) is 5.52 Å². The number of nitrogens with one attached hydrogen (secondary N) is 1. The smallest absolute Gasteiger partial charge is 0.417 e. The molecule has 5 nitrogen and oxygen atoms in total. The number of aromatic amines is 1. The average molecular weight is 437 g/mol. The summed E-state index contributed by atoms with van der Waals surface area (Å²) in [6.45, 7) is 0. The van der Waals surface area contributed by atoms with Crippen molar-refractivity contribution in [3.8, 4) is 0 Å². The van der Waals surface area contributed by atoms with Crippen LogP contribution in [0, 0.1) is 5.92 Å². The standard InChI is InChI=1S/C28H23NO4/c30-25(31)16-11-18-9-12-21(13-10-18)27(22-14-15-23-24(17-22)33-28(32)29-23)26(20-7-4-8-20)19-5-2-1-3-6-19/h1-3,5-6,9-17,20H,4,7-8H2,(H,29,32)(H,30,31). The van der Waals surface area contributed by atoms with E-state index in [0.717, 1.165) is 41.2 Å². The minimum absolute atomic E-state index is 0.447. The molecule has 1 saturated carbocycles. The summed E-state index contributed by atoms with van der Waals surface area (Å²) in [6.07, 6.45) is 6.19. The molecule has 0 spiro atoms. The van der Waals surface area contributed by atoms with E-state index < -0.39 is 11.7 Å². The Morgan fingerprint density at radius 1 is 0.939 bits per heavy atom. The maximum atomic E-state index is 11.7. The second kappa shape index (κ2) is 8.79. The van der Waals surface area contributed by atoms with Crippen LogP contribution in [0.4, 0.5) is 0 Å². The van der Waals surface area contributed by atoms with E-state index in [0.29, 0.717) is 17.0 Å². The Hall–Kier alpha value is -4.12. The predicted molar refractivity (Wildman–Crippen MR) is 130 cm³/mol. The van der Waals surface area contributed by atoms with Gasteiger partial charge in [0.1, 0.15) is 0 Å². The van der Waals surface area contributed by atoms with Gasteiger partial charge in [0.2, 0.25) is 0 Å². The number of H-pyrrole nitrogens is 1. The molecule has 1 heterocycles. The van der Waals surface area contributed by atoms with Crippen LogP contribution in [0.25, 0.3) is 28.3 Å². The Morgan fingerprint density at radius 3 is 2.33 bits per heavy atom. The summed E-state index contributed by atoms with van der Waals surface area (Å²) in [5, 5.41) is 8.92. The number of carboxylic acid groups (broad SMARTS) is 1. The highest BCUT2D eigenvalue weighted by molar-refractivity contribution is 6.01. The number of aliphatic carboxylic acids is 1. The lowest BCUT2D eigenvalue weighted by Gasteiger charge is -2.31. The zero-order valence-electron chi connectivity index (χ0n) is 18.0. The van der Waals surface area contributed by atoms with E-state index >= 15 is 0 Å². The van der Waals surface area contributed by atoms with Crippen LogP contribution in [0.2, 0.25) is 0 Å². The molecule has 0 bridgehead atoms. The van der Waals surface area contributed by atoms with Crippen molar-refractivity contribution in [1.82, 2.24) is 4.98 Å². The number of allylic oxidation sites excluding steroid dienone is 1. The van der Waals surface area contributed by atoms with Crippen LogP contribution in [0.15, 0.2) is 88.1 Å². The molecule has 5 rings (SSSR count). The Balaban J connectivity index is 1.72. The van der Waals surface area contributed by atoms with Gasteiger partial charge >= 0.3 is 11.7 Å². The minimum Gasteiger partial charge on any atom is -0.478 e. The Morgan fingerprint density at radius 2 is 1.67 bits per heavy atom. The SMILES string of the molecule is O=C(O)C=Cc1ccc(C(=C(c2ccccc2)C2CCC2)c2ccc3[nH]c(=O)oc3c2)cc1. The third kappa shape index (κ3) is 4.30. The van der Waals surface area contributed by atoms with Crippen molar-refractivity contribution in [3.05, 3.63) is 112 Å². The largest absolute Gasteiger partial charge is 0.478 e. The lowest BCUT2D eigenvalue weighted by atomic mass is 9.73. The lowest BCUT2D eigenvalue weighted by molar-refractivity contribution is -0.131. The highest BCUT2D eigenvalue weighted by Crippen LogP contribution is 2.45. The van der Waals surface area contributed by atoms with Gasteiger partial charge in [-0.25, -0.2) is 9.59 Å². The number of aromatic nitrogens is 1. The molecule has 4 aromatic rings. The summed E-state index contributed by atoms with van der Waals surface area (Å²) in [6, 6.07) is 24.1. The molecule has 0 amide bonds. The number of hydrogen-bond donors (Lipinski definition) is 2. The number of fused-ring (bicyclic) bond motifs is 1. The summed E-state index contributed by atoms with van der Waals surface area (Å²) in [5.74, 6) is -0.996. The quantitative estimate of drug-likeness (QED) is 0.287. The number of carbonyl (C=O) groups is 1. The van der Waals surface area contributed by atoms with E-state index in [1.165, 1.54) is 17.6 Å². The normalized spacial score (nSPS) is 14.9. The first-order valence-corrected chi connectivity index (χ1v) is 11.0. The topological polar surface area (TPSA) is 83.3 Å². The molecule has 1 aromatic heterocycles. The number of benzene rings is 3. The predicted octanol–water partition coefficient (Wildman–Crippen LogP) is 5.98. The summed E-state index contributed by atoms with van der Waals surface area (Å²) in [7, 11) is 0. The van der Waals surface area contributed by atoms with Gasteiger partial charge in [-0.15, -0.1) is 0 Å². The van der Waals surface area contributed by atoms with Gasteiger partial charge in [-0.2, -0.15) is 0 Å². The Labute approximate surface area is 190 Å². The molecular formula is C28H23NO4. The van der Waals surface area contributed by atoms with Crippen LogP contribution in [-0.4, -0.2) is 16.1 Å². The molecule has 5 heteroatoms. The van der Waals surface area contributed by atoms with Crippen LogP contribution in [-0.2, 0) is 4.79 Å². The maximum Gasteiger partial charge on any atom is 0.417 e. The third-order valence-corrected chi connectivity index (χ3v) is 6.19. The molecule has 1 fully saturated rings. The Kier molecular flexibility index (Phi) is 5.53. The molecular weight excluding hydrogens is 414 g/mol. The van der Waals surface area contributed by atoms with Gasteiger partial charge in [0.15, 0.2) is 5.58 Å². The second-order valence-electron chi connectivity index (χ2n) is 8.30. The van der Waals surface area contributed by atoms with E-state index in [9.17, 15) is 9.59 Å². The highest BCUT2D eigenvalue weighted by Gasteiger charge is 2.27. The van der Waals surface area contributed by atoms with Gasteiger partial charge in [-0.3, -0.25) is 4.98 Å². The number of carboxylic acids is 1. The van der Waals surface area contributed by atoms with Crippen molar-refractivity contribution >= 4 is 34.3 Å². The molecule has 0 atom stereocenters. The fraction of sp³-hybridized carbons (Fsp3) is 0.143. The van der Waals surface area contributed by atoms with Crippen molar-refractivity contribution < 1.29 is 14.3 Å². The van der Waals surface area contributed by atoms with Crippen LogP contribution in [0.3, 0.4) is 0 Å². The van der Waals surface area contributed by atoms with Gasteiger partial charge < -0.3 is 9.52 Å². The molecule has 1 aliphatic carbocycles. The highest BCUT2D eigenvalue weighted by atomic mass is 16.4. The average Bonchev–Trinajstić information content (AvgIpc) is 3.17. The van der Waals surface area contributed by atoms with Crippen molar-refractivity contribution in [2.24, 2.45) is 5.92 Å². The van der Waals surface area contributed by atoms with Crippen molar-refractivity contribution in [1.29, 1.82) is 0 Å².